The van der Waals surface area contributed by atoms with Gasteiger partial charge in [0.05, 0.1) is 17.4 Å². The van der Waals surface area contributed by atoms with E-state index in [-0.39, 0.29) is 5.91 Å². The minimum absolute atomic E-state index is 0.347. The van der Waals surface area contributed by atoms with Gasteiger partial charge in [-0.25, -0.2) is 14.8 Å². The zero-order valence-corrected chi connectivity index (χ0v) is 17.7. The highest BCUT2D eigenvalue weighted by molar-refractivity contribution is 7.20. The number of nitrogens with one attached hydrogen (secondary N) is 1. The third-order valence-corrected chi connectivity index (χ3v) is 6.19. The number of carbonyl (C=O) groups is 2. The lowest BCUT2D eigenvalue weighted by Crippen LogP contribution is -2.52. The molecule has 7 nitrogen and oxygen atoms in total. The molecule has 0 saturated carbocycles. The Hall–Kier alpha value is -3.00. The van der Waals surface area contributed by atoms with E-state index < -0.39 is 11.5 Å². The average Bonchev–Trinajstić information content (AvgIpc) is 3.04. The van der Waals surface area contributed by atoms with Gasteiger partial charge < -0.3 is 15.8 Å². The number of ether oxygens (including phenoxy) is 1. The number of hydrogen-bond donors (Lipinski definition) is 2. The first-order chi connectivity index (χ1) is 13.8. The molecule has 0 aliphatic rings. The van der Waals surface area contributed by atoms with Gasteiger partial charge in [-0.15, -0.1) is 11.3 Å². The number of carbonyl (C=O) groups excluding carboxylic acids is 2. The van der Waals surface area contributed by atoms with Gasteiger partial charge in [0.25, 0.3) is 5.91 Å². The van der Waals surface area contributed by atoms with Gasteiger partial charge in [-0.05, 0) is 31.4 Å². The summed E-state index contributed by atoms with van der Waals surface area (Å²) in [5.41, 5.74) is 6.87. The van der Waals surface area contributed by atoms with Gasteiger partial charge in [0, 0.05) is 6.42 Å². The molecule has 0 aliphatic heterocycles. The molecular weight excluding hydrogens is 388 g/mol. The van der Waals surface area contributed by atoms with Crippen molar-refractivity contribution in [1.82, 2.24) is 15.3 Å². The Morgan fingerprint density at radius 1 is 1.24 bits per heavy atom. The van der Waals surface area contributed by atoms with Crippen molar-refractivity contribution in [3.8, 4) is 0 Å². The maximum atomic E-state index is 12.9. The first kappa shape index (κ1) is 20.7. The molecule has 0 unspecified atom stereocenters. The molecule has 0 aliphatic carbocycles. The summed E-state index contributed by atoms with van der Waals surface area (Å²) in [7, 11) is 1.30. The van der Waals surface area contributed by atoms with Crippen LogP contribution in [0.4, 0.5) is 5.82 Å². The Labute approximate surface area is 173 Å². The highest BCUT2D eigenvalue weighted by Gasteiger charge is 2.35. The summed E-state index contributed by atoms with van der Waals surface area (Å²) >= 11 is 1.25. The van der Waals surface area contributed by atoms with Crippen molar-refractivity contribution in [2.75, 3.05) is 12.8 Å². The second-order valence-electron chi connectivity index (χ2n) is 7.06. The van der Waals surface area contributed by atoms with Crippen LogP contribution in [0.3, 0.4) is 0 Å². The molecule has 0 radical (unpaired) electrons. The molecule has 1 amide bonds. The number of amides is 1. The third kappa shape index (κ3) is 4.07. The minimum Gasteiger partial charge on any atom is -0.467 e. The number of fused-ring (bicyclic) bond motifs is 1. The topological polar surface area (TPSA) is 107 Å². The summed E-state index contributed by atoms with van der Waals surface area (Å²) in [6, 6.07) is 9.87. The predicted octanol–water partition coefficient (Wildman–Crippen LogP) is 3.24. The van der Waals surface area contributed by atoms with Crippen LogP contribution in [0.1, 0.15) is 46.9 Å². The van der Waals surface area contributed by atoms with E-state index in [0.29, 0.717) is 45.1 Å². The fourth-order valence-electron chi connectivity index (χ4n) is 3.11. The number of esters is 1. The Kier molecular flexibility index (Phi) is 5.83. The Bertz CT molecular complexity index is 1060. The predicted molar refractivity (Wildman–Crippen MR) is 114 cm³/mol. The van der Waals surface area contributed by atoms with Crippen molar-refractivity contribution in [3.05, 3.63) is 52.2 Å². The molecule has 3 rings (SSSR count). The Balaban J connectivity index is 1.95. The summed E-state index contributed by atoms with van der Waals surface area (Å²) in [5, 5.41) is 3.47. The number of aromatic nitrogens is 2. The lowest BCUT2D eigenvalue weighted by molar-refractivity contribution is -0.147. The van der Waals surface area contributed by atoms with E-state index in [1.165, 1.54) is 18.4 Å². The number of nitrogens with zero attached hydrogens (tertiary/aromatic N) is 2. The SMILES string of the molecule is CC[C@](C)(NC(=O)c1sc2nc(Cc3ccccc3)nc(N)c2c1C)C(=O)OC. The van der Waals surface area contributed by atoms with E-state index in [2.05, 4.69) is 15.3 Å². The van der Waals surface area contributed by atoms with E-state index in [1.54, 1.807) is 6.92 Å². The van der Waals surface area contributed by atoms with Crippen LogP contribution in [0.25, 0.3) is 10.2 Å². The van der Waals surface area contributed by atoms with Crippen molar-refractivity contribution in [3.63, 3.8) is 0 Å². The quantitative estimate of drug-likeness (QED) is 0.602. The van der Waals surface area contributed by atoms with Crippen LogP contribution in [0.2, 0.25) is 0 Å². The fraction of sp³-hybridized carbons (Fsp3) is 0.333. The second-order valence-corrected chi connectivity index (χ2v) is 8.05. The number of hydrogen-bond acceptors (Lipinski definition) is 7. The van der Waals surface area contributed by atoms with Crippen LogP contribution in [0.15, 0.2) is 30.3 Å². The van der Waals surface area contributed by atoms with Crippen molar-refractivity contribution in [2.45, 2.75) is 39.2 Å². The van der Waals surface area contributed by atoms with Crippen LogP contribution in [-0.4, -0.2) is 34.5 Å². The third-order valence-electron chi connectivity index (χ3n) is 5.01. The largest absolute Gasteiger partial charge is 0.467 e. The molecule has 29 heavy (non-hydrogen) atoms. The highest BCUT2D eigenvalue weighted by Crippen LogP contribution is 2.33. The van der Waals surface area contributed by atoms with E-state index in [0.717, 1.165) is 5.56 Å². The molecule has 3 aromatic rings. The van der Waals surface area contributed by atoms with Gasteiger partial charge in [-0.2, -0.15) is 0 Å². The fourth-order valence-corrected chi connectivity index (χ4v) is 4.21. The number of thiophene rings is 1. The van der Waals surface area contributed by atoms with E-state index >= 15 is 0 Å². The number of rotatable bonds is 6. The van der Waals surface area contributed by atoms with E-state index in [9.17, 15) is 9.59 Å². The second kappa shape index (κ2) is 8.16. The van der Waals surface area contributed by atoms with Crippen molar-refractivity contribution < 1.29 is 14.3 Å². The number of nitrogen functional groups attached to an aromatic ring is 1. The van der Waals surface area contributed by atoms with Gasteiger partial charge in [-0.3, -0.25) is 4.79 Å². The average molecular weight is 413 g/mol. The van der Waals surface area contributed by atoms with E-state index in [1.807, 2.05) is 44.2 Å². The van der Waals surface area contributed by atoms with Gasteiger partial charge >= 0.3 is 5.97 Å². The number of methoxy groups -OCH3 is 1. The first-order valence-electron chi connectivity index (χ1n) is 9.29. The number of anilines is 1. The van der Waals surface area contributed by atoms with Crippen LogP contribution in [-0.2, 0) is 16.0 Å². The Morgan fingerprint density at radius 2 is 1.93 bits per heavy atom. The number of benzene rings is 1. The summed E-state index contributed by atoms with van der Waals surface area (Å²) in [6.07, 6.45) is 0.953. The van der Waals surface area contributed by atoms with E-state index in [4.69, 9.17) is 10.5 Å². The molecule has 8 heteroatoms. The highest BCUT2D eigenvalue weighted by atomic mass is 32.1. The summed E-state index contributed by atoms with van der Waals surface area (Å²) < 4.78 is 4.83. The maximum absolute atomic E-state index is 12.9. The summed E-state index contributed by atoms with van der Waals surface area (Å²) in [5.74, 6) is 0.100. The molecule has 152 valence electrons. The molecule has 0 saturated heterocycles. The minimum atomic E-state index is -1.11. The standard InChI is InChI=1S/C21H24N4O3S/c1-5-21(3,20(27)28-4)25-18(26)16-12(2)15-17(22)23-14(24-19(15)29-16)11-13-9-7-6-8-10-13/h6-10H,5,11H2,1-4H3,(H,25,26)(H2,22,23,24)/t21-/m0/s1. The number of nitrogens with two attached hydrogens (primary N) is 1. The molecule has 3 N–H and O–H groups in total. The lowest BCUT2D eigenvalue weighted by Gasteiger charge is -2.26. The van der Waals surface area contributed by atoms with Crippen molar-refractivity contribution in [2.24, 2.45) is 0 Å². The van der Waals surface area contributed by atoms with Crippen LogP contribution in [0.5, 0.6) is 0 Å². The maximum Gasteiger partial charge on any atom is 0.331 e. The molecule has 1 atom stereocenters. The van der Waals surface area contributed by atoms with Crippen LogP contribution >= 0.6 is 11.3 Å². The normalized spacial score (nSPS) is 13.1. The molecule has 0 bridgehead atoms. The van der Waals surface area contributed by atoms with Gasteiger partial charge in [0.1, 0.15) is 22.0 Å². The molecule has 1 aromatic carbocycles. The summed E-state index contributed by atoms with van der Waals surface area (Å²) in [4.78, 5) is 35.2. The monoisotopic (exact) mass is 412 g/mol. The van der Waals surface area contributed by atoms with Crippen molar-refractivity contribution >= 4 is 39.2 Å². The van der Waals surface area contributed by atoms with Gasteiger partial charge in [-0.1, -0.05) is 37.3 Å². The number of aryl methyl sites for hydroxylation is 1. The van der Waals surface area contributed by atoms with Crippen LogP contribution in [0, 0.1) is 6.92 Å². The smallest absolute Gasteiger partial charge is 0.331 e. The zero-order valence-electron chi connectivity index (χ0n) is 16.9. The Morgan fingerprint density at radius 3 is 2.55 bits per heavy atom. The molecular formula is C21H24N4O3S. The van der Waals surface area contributed by atoms with Gasteiger partial charge in [0.2, 0.25) is 0 Å². The first-order valence-corrected chi connectivity index (χ1v) is 10.1. The van der Waals surface area contributed by atoms with Crippen molar-refractivity contribution in [1.29, 1.82) is 0 Å². The molecule has 2 heterocycles. The van der Waals surface area contributed by atoms with Gasteiger partial charge in [0.15, 0.2) is 0 Å². The summed E-state index contributed by atoms with van der Waals surface area (Å²) in [6.45, 7) is 5.27. The molecule has 0 fully saturated rings. The van der Waals surface area contributed by atoms with Crippen LogP contribution < -0.4 is 11.1 Å². The zero-order chi connectivity index (χ0) is 21.2. The molecule has 2 aromatic heterocycles. The molecule has 0 spiro atoms. The lowest BCUT2D eigenvalue weighted by atomic mass is 9.99.